The Morgan fingerprint density at radius 2 is 1.65 bits per heavy atom. The highest BCUT2D eigenvalue weighted by Gasteiger charge is 2.33. The molecule has 0 spiro atoms. The number of halogens is 4. The van der Waals surface area contributed by atoms with Crippen LogP contribution in [0.4, 0.5) is 17.6 Å². The van der Waals surface area contributed by atoms with Gasteiger partial charge >= 0.3 is 6.18 Å². The van der Waals surface area contributed by atoms with Crippen LogP contribution in [0.3, 0.4) is 0 Å². The Morgan fingerprint density at radius 3 is 2.00 bits per heavy atom. The lowest BCUT2D eigenvalue weighted by atomic mass is 9.86. The molecule has 0 aliphatic rings. The second kappa shape index (κ2) is 4.13. The minimum atomic E-state index is -4.61. The van der Waals surface area contributed by atoms with Crippen molar-refractivity contribution >= 4 is 5.78 Å². The fourth-order valence-corrected chi connectivity index (χ4v) is 1.28. The van der Waals surface area contributed by atoms with Crippen LogP contribution in [0.5, 0.6) is 0 Å². The molecule has 0 aliphatic heterocycles. The molecular weight excluding hydrogens is 236 g/mol. The van der Waals surface area contributed by atoms with Crippen molar-refractivity contribution in [1.29, 1.82) is 0 Å². The summed E-state index contributed by atoms with van der Waals surface area (Å²) in [6.45, 7) is 4.73. The third-order valence-electron chi connectivity index (χ3n) is 2.22. The van der Waals surface area contributed by atoms with Gasteiger partial charge < -0.3 is 0 Å². The van der Waals surface area contributed by atoms with Crippen LogP contribution in [-0.2, 0) is 6.18 Å². The van der Waals surface area contributed by atoms with E-state index in [4.69, 9.17) is 0 Å². The van der Waals surface area contributed by atoms with E-state index in [1.165, 1.54) is 0 Å². The van der Waals surface area contributed by atoms with Gasteiger partial charge in [-0.15, -0.1) is 0 Å². The van der Waals surface area contributed by atoms with Crippen molar-refractivity contribution in [2.75, 3.05) is 0 Å². The molecule has 0 saturated heterocycles. The maximum absolute atomic E-state index is 13.4. The molecule has 0 saturated carbocycles. The normalized spacial score (nSPS) is 12.6. The van der Waals surface area contributed by atoms with Crippen molar-refractivity contribution < 1.29 is 22.4 Å². The Labute approximate surface area is 96.4 Å². The topological polar surface area (TPSA) is 17.1 Å². The number of alkyl halides is 3. The number of hydrogen-bond acceptors (Lipinski definition) is 1. The summed E-state index contributed by atoms with van der Waals surface area (Å²) < 4.78 is 50.3. The highest BCUT2D eigenvalue weighted by molar-refractivity contribution is 6.00. The molecule has 0 unspecified atom stereocenters. The van der Waals surface area contributed by atoms with E-state index < -0.39 is 28.8 Å². The first-order valence-corrected chi connectivity index (χ1v) is 4.95. The molecule has 1 nitrogen and oxygen atoms in total. The summed E-state index contributed by atoms with van der Waals surface area (Å²) >= 11 is 0. The summed E-state index contributed by atoms with van der Waals surface area (Å²) in [5.41, 5.74) is -2.24. The van der Waals surface area contributed by atoms with Crippen molar-refractivity contribution in [2.45, 2.75) is 26.9 Å². The molecule has 1 aromatic carbocycles. The predicted molar refractivity (Wildman–Crippen MR) is 55.2 cm³/mol. The van der Waals surface area contributed by atoms with Crippen LogP contribution < -0.4 is 0 Å². The first-order chi connectivity index (χ1) is 7.53. The van der Waals surface area contributed by atoms with Gasteiger partial charge in [-0.05, 0) is 18.2 Å². The Balaban J connectivity index is 3.20. The second-order valence-corrected chi connectivity index (χ2v) is 4.77. The summed E-state index contributed by atoms with van der Waals surface area (Å²) in [6, 6.07) is 1.94. The van der Waals surface area contributed by atoms with Crippen LogP contribution in [0.25, 0.3) is 0 Å². The first kappa shape index (κ1) is 13.7. The Morgan fingerprint density at radius 1 is 1.12 bits per heavy atom. The Kier molecular flexibility index (Phi) is 3.32. The molecule has 0 radical (unpaired) electrons. The predicted octanol–water partition coefficient (Wildman–Crippen LogP) is 4.07. The van der Waals surface area contributed by atoms with E-state index >= 15 is 0 Å². The summed E-state index contributed by atoms with van der Waals surface area (Å²) in [5, 5.41) is 0. The van der Waals surface area contributed by atoms with Gasteiger partial charge in [0.25, 0.3) is 0 Å². The Hall–Kier alpha value is -1.39. The Bertz CT molecular complexity index is 441. The fraction of sp³-hybridized carbons (Fsp3) is 0.417. The van der Waals surface area contributed by atoms with Crippen molar-refractivity contribution in [1.82, 2.24) is 0 Å². The van der Waals surface area contributed by atoms with Crippen molar-refractivity contribution in [3.8, 4) is 0 Å². The molecule has 17 heavy (non-hydrogen) atoms. The van der Waals surface area contributed by atoms with E-state index in [1.54, 1.807) is 20.8 Å². The van der Waals surface area contributed by atoms with E-state index in [-0.39, 0.29) is 5.56 Å². The van der Waals surface area contributed by atoms with Gasteiger partial charge in [-0.2, -0.15) is 13.2 Å². The molecule has 0 bridgehead atoms. The quantitative estimate of drug-likeness (QED) is 0.540. The molecule has 0 fully saturated rings. The maximum atomic E-state index is 13.4. The lowest BCUT2D eigenvalue weighted by molar-refractivity contribution is -0.137. The third-order valence-corrected chi connectivity index (χ3v) is 2.22. The zero-order valence-corrected chi connectivity index (χ0v) is 9.65. The van der Waals surface area contributed by atoms with Crippen LogP contribution in [0.1, 0.15) is 36.7 Å². The standard InChI is InChI=1S/C12H12F4O/c1-11(2,3)10(17)8-5-4-7(6-9(8)13)12(14,15)16/h4-6H,1-3H3. The monoisotopic (exact) mass is 248 g/mol. The van der Waals surface area contributed by atoms with Gasteiger partial charge in [0.05, 0.1) is 11.1 Å². The molecule has 1 rings (SSSR count). The van der Waals surface area contributed by atoms with E-state index in [9.17, 15) is 22.4 Å². The molecule has 0 aliphatic carbocycles. The smallest absolute Gasteiger partial charge is 0.293 e. The molecular formula is C12H12F4O. The molecule has 0 amide bonds. The van der Waals surface area contributed by atoms with Gasteiger partial charge in [-0.1, -0.05) is 20.8 Å². The fourth-order valence-electron chi connectivity index (χ4n) is 1.28. The summed E-state index contributed by atoms with van der Waals surface area (Å²) in [7, 11) is 0. The zero-order chi connectivity index (χ0) is 13.4. The molecule has 0 atom stereocenters. The van der Waals surface area contributed by atoms with Crippen LogP contribution in [0.15, 0.2) is 18.2 Å². The molecule has 0 heterocycles. The SMILES string of the molecule is CC(C)(C)C(=O)c1ccc(C(F)(F)F)cc1F. The van der Waals surface area contributed by atoms with Gasteiger partial charge in [-0.25, -0.2) is 4.39 Å². The molecule has 0 N–H and O–H groups in total. The van der Waals surface area contributed by atoms with E-state index in [0.717, 1.165) is 6.07 Å². The lowest BCUT2D eigenvalue weighted by Gasteiger charge is -2.17. The van der Waals surface area contributed by atoms with Crippen LogP contribution in [0, 0.1) is 11.2 Å². The van der Waals surface area contributed by atoms with E-state index in [2.05, 4.69) is 0 Å². The average molecular weight is 248 g/mol. The van der Waals surface area contributed by atoms with Gasteiger partial charge in [0.2, 0.25) is 0 Å². The van der Waals surface area contributed by atoms with Gasteiger partial charge in [0.15, 0.2) is 5.78 Å². The van der Waals surface area contributed by atoms with Gasteiger partial charge in [0.1, 0.15) is 5.82 Å². The van der Waals surface area contributed by atoms with E-state index in [0.29, 0.717) is 12.1 Å². The highest BCUT2D eigenvalue weighted by atomic mass is 19.4. The molecule has 1 aromatic rings. The van der Waals surface area contributed by atoms with Crippen LogP contribution in [0.2, 0.25) is 0 Å². The molecule has 0 aromatic heterocycles. The lowest BCUT2D eigenvalue weighted by Crippen LogP contribution is -2.21. The number of hydrogen-bond donors (Lipinski definition) is 0. The van der Waals surface area contributed by atoms with E-state index in [1.807, 2.05) is 0 Å². The summed E-state index contributed by atoms with van der Waals surface area (Å²) in [5.74, 6) is -1.66. The number of Topliss-reactive ketones (excluding diaryl/α,β-unsaturated/α-hetero) is 1. The second-order valence-electron chi connectivity index (χ2n) is 4.77. The van der Waals surface area contributed by atoms with Crippen LogP contribution in [-0.4, -0.2) is 5.78 Å². The number of carbonyl (C=O) groups excluding carboxylic acids is 1. The summed E-state index contributed by atoms with van der Waals surface area (Å²) in [6.07, 6.45) is -4.61. The summed E-state index contributed by atoms with van der Waals surface area (Å²) in [4.78, 5) is 11.7. The minimum absolute atomic E-state index is 0.314. The number of ketones is 1. The zero-order valence-electron chi connectivity index (χ0n) is 9.65. The molecule has 94 valence electrons. The van der Waals surface area contributed by atoms with Crippen molar-refractivity contribution in [3.63, 3.8) is 0 Å². The van der Waals surface area contributed by atoms with Gasteiger partial charge in [-0.3, -0.25) is 4.79 Å². The maximum Gasteiger partial charge on any atom is 0.416 e. The van der Waals surface area contributed by atoms with Crippen LogP contribution >= 0.6 is 0 Å². The minimum Gasteiger partial charge on any atom is -0.293 e. The largest absolute Gasteiger partial charge is 0.416 e. The number of rotatable bonds is 1. The van der Waals surface area contributed by atoms with Crippen molar-refractivity contribution in [2.24, 2.45) is 5.41 Å². The van der Waals surface area contributed by atoms with Crippen molar-refractivity contribution in [3.05, 3.63) is 35.1 Å². The molecule has 5 heteroatoms. The third kappa shape index (κ3) is 3.05. The number of benzene rings is 1. The number of carbonyl (C=O) groups is 1. The first-order valence-electron chi connectivity index (χ1n) is 4.95. The van der Waals surface area contributed by atoms with Gasteiger partial charge in [0, 0.05) is 5.41 Å². The highest BCUT2D eigenvalue weighted by Crippen LogP contribution is 2.31. The average Bonchev–Trinajstić information content (AvgIpc) is 2.13.